The number of fused-ring (bicyclic) bond motifs is 5. The summed E-state index contributed by atoms with van der Waals surface area (Å²) in [5, 5.41) is 11.9. The quantitative estimate of drug-likeness (QED) is 0.802. The smallest absolute Gasteiger partial charge is 0.335 e. The van der Waals surface area contributed by atoms with Crippen molar-refractivity contribution in [2.24, 2.45) is 11.8 Å². The van der Waals surface area contributed by atoms with Crippen molar-refractivity contribution in [1.82, 2.24) is 4.90 Å². The number of nitrogens with one attached hydrogen (secondary N) is 1. The maximum Gasteiger partial charge on any atom is 0.335 e. The van der Waals surface area contributed by atoms with Crippen molar-refractivity contribution in [2.45, 2.75) is 25.0 Å². The molecule has 2 bridgehead atoms. The number of benzene rings is 1. The van der Waals surface area contributed by atoms with Crippen molar-refractivity contribution in [3.05, 3.63) is 29.8 Å². The van der Waals surface area contributed by atoms with E-state index in [0.29, 0.717) is 5.69 Å². The van der Waals surface area contributed by atoms with Crippen LogP contribution in [-0.2, 0) is 14.3 Å². The van der Waals surface area contributed by atoms with Gasteiger partial charge in [0, 0.05) is 5.69 Å². The minimum absolute atomic E-state index is 0.0938. The Morgan fingerprint density at radius 1 is 1.13 bits per heavy atom. The van der Waals surface area contributed by atoms with Gasteiger partial charge in [0.2, 0.25) is 11.8 Å². The van der Waals surface area contributed by atoms with Gasteiger partial charge in [0.1, 0.15) is 0 Å². The van der Waals surface area contributed by atoms with Crippen LogP contribution in [0.15, 0.2) is 24.3 Å². The van der Waals surface area contributed by atoms with Crippen molar-refractivity contribution in [3.8, 4) is 0 Å². The first-order valence-electron chi connectivity index (χ1n) is 7.64. The molecule has 0 radical (unpaired) electrons. The summed E-state index contributed by atoms with van der Waals surface area (Å²) >= 11 is 0. The number of carbonyl (C=O) groups excluding carboxylic acids is 2. The van der Waals surface area contributed by atoms with E-state index in [1.165, 1.54) is 17.0 Å². The second kappa shape index (κ2) is 5.06. The van der Waals surface area contributed by atoms with E-state index in [1.54, 1.807) is 12.1 Å². The Bertz CT molecular complexity index is 658. The van der Waals surface area contributed by atoms with Gasteiger partial charge in [-0.25, -0.2) is 4.79 Å². The van der Waals surface area contributed by atoms with Gasteiger partial charge in [-0.1, -0.05) is 0 Å². The van der Waals surface area contributed by atoms with Crippen LogP contribution in [0, 0.1) is 11.8 Å². The van der Waals surface area contributed by atoms with Crippen LogP contribution in [0.1, 0.15) is 23.2 Å². The molecule has 0 saturated carbocycles. The average Bonchev–Trinajstić information content (AvgIpc) is 3.21. The van der Waals surface area contributed by atoms with Crippen LogP contribution < -0.4 is 5.32 Å². The maximum absolute atomic E-state index is 12.5. The van der Waals surface area contributed by atoms with E-state index in [0.717, 1.165) is 12.8 Å². The molecule has 3 aliphatic heterocycles. The van der Waals surface area contributed by atoms with Crippen molar-refractivity contribution < 1.29 is 24.2 Å². The van der Waals surface area contributed by atoms with E-state index in [9.17, 15) is 14.4 Å². The number of carbonyl (C=O) groups is 3. The van der Waals surface area contributed by atoms with Crippen LogP contribution >= 0.6 is 0 Å². The zero-order valence-corrected chi connectivity index (χ0v) is 12.3. The molecule has 3 fully saturated rings. The molecule has 120 valence electrons. The monoisotopic (exact) mass is 316 g/mol. The molecule has 23 heavy (non-hydrogen) atoms. The van der Waals surface area contributed by atoms with Crippen molar-refractivity contribution >= 4 is 23.5 Å². The fourth-order valence-corrected chi connectivity index (χ4v) is 3.83. The highest BCUT2D eigenvalue weighted by molar-refractivity contribution is 6.06. The van der Waals surface area contributed by atoms with Gasteiger partial charge in [0.25, 0.3) is 0 Å². The predicted octanol–water partition coefficient (Wildman–Crippen LogP) is 0.917. The summed E-state index contributed by atoms with van der Waals surface area (Å²) in [5.74, 6) is -1.97. The molecule has 0 spiro atoms. The number of carboxylic acids is 1. The lowest BCUT2D eigenvalue weighted by atomic mass is 9.81. The van der Waals surface area contributed by atoms with Gasteiger partial charge in [-0.15, -0.1) is 0 Å². The standard InChI is InChI=1S/C16H16N2O5/c19-14-12-10-5-6-11(23-10)13(12)15(20)18(14)7-17-9-3-1-8(2-4-9)16(21)22/h1-4,10-13,17H,5-7H2,(H,21,22)/t10?,11?,12-,13+. The van der Waals surface area contributed by atoms with Gasteiger partial charge >= 0.3 is 5.97 Å². The first kappa shape index (κ1) is 14.2. The third-order valence-corrected chi connectivity index (χ3v) is 4.95. The molecule has 3 heterocycles. The SMILES string of the molecule is O=C(O)c1ccc(NCN2C(=O)[C@@H]3C4CCC(O4)[C@@H]3C2=O)cc1. The number of nitrogens with zero attached hydrogens (tertiary/aromatic N) is 1. The fraction of sp³-hybridized carbons (Fsp3) is 0.438. The highest BCUT2D eigenvalue weighted by Crippen LogP contribution is 2.48. The number of rotatable bonds is 4. The van der Waals surface area contributed by atoms with Crippen molar-refractivity contribution in [3.63, 3.8) is 0 Å². The summed E-state index contributed by atoms with van der Waals surface area (Å²) in [6.45, 7) is 0.0938. The fourth-order valence-electron chi connectivity index (χ4n) is 3.83. The number of hydrogen-bond donors (Lipinski definition) is 2. The molecule has 1 aromatic carbocycles. The molecule has 2 amide bonds. The lowest BCUT2D eigenvalue weighted by molar-refractivity contribution is -0.142. The molecule has 1 aromatic rings. The molecule has 4 rings (SSSR count). The van der Waals surface area contributed by atoms with Gasteiger partial charge in [0.15, 0.2) is 0 Å². The number of imide groups is 1. The van der Waals surface area contributed by atoms with Crippen molar-refractivity contribution in [1.29, 1.82) is 0 Å². The summed E-state index contributed by atoms with van der Waals surface area (Å²) in [4.78, 5) is 37.0. The topological polar surface area (TPSA) is 95.9 Å². The predicted molar refractivity (Wildman–Crippen MR) is 78.6 cm³/mol. The number of ether oxygens (including phenoxy) is 1. The van der Waals surface area contributed by atoms with Gasteiger partial charge in [0.05, 0.1) is 36.3 Å². The summed E-state index contributed by atoms with van der Waals surface area (Å²) < 4.78 is 5.68. The van der Waals surface area contributed by atoms with Gasteiger partial charge < -0.3 is 15.2 Å². The Labute approximate surface area is 132 Å². The molecular formula is C16H16N2O5. The number of likely N-dealkylation sites (tertiary alicyclic amines) is 1. The van der Waals surface area contributed by atoms with Gasteiger partial charge in [-0.2, -0.15) is 0 Å². The van der Waals surface area contributed by atoms with E-state index in [1.807, 2.05) is 0 Å². The molecule has 0 aliphatic carbocycles. The normalized spacial score (nSPS) is 31.6. The Balaban J connectivity index is 1.44. The van der Waals surface area contributed by atoms with Crippen LogP contribution in [0.4, 0.5) is 5.69 Å². The number of anilines is 1. The largest absolute Gasteiger partial charge is 0.478 e. The Kier molecular flexibility index (Phi) is 3.12. The molecule has 2 N–H and O–H groups in total. The first-order valence-corrected chi connectivity index (χ1v) is 7.64. The summed E-state index contributed by atoms with van der Waals surface area (Å²) in [5.41, 5.74) is 0.846. The lowest BCUT2D eigenvalue weighted by Gasteiger charge is -2.18. The molecule has 7 heteroatoms. The number of amides is 2. The molecule has 7 nitrogen and oxygen atoms in total. The molecule has 3 saturated heterocycles. The van der Waals surface area contributed by atoms with Gasteiger partial charge in [-0.3, -0.25) is 14.5 Å². The third kappa shape index (κ3) is 2.11. The molecule has 2 unspecified atom stereocenters. The molecule has 4 atom stereocenters. The van der Waals surface area contributed by atoms with Gasteiger partial charge in [-0.05, 0) is 37.1 Å². The van der Waals surface area contributed by atoms with E-state index < -0.39 is 5.97 Å². The van der Waals surface area contributed by atoms with Crippen LogP contribution in [0.25, 0.3) is 0 Å². The van der Waals surface area contributed by atoms with E-state index in [2.05, 4.69) is 5.32 Å². The second-order valence-electron chi connectivity index (χ2n) is 6.16. The van der Waals surface area contributed by atoms with Crippen LogP contribution in [0.5, 0.6) is 0 Å². The molecular weight excluding hydrogens is 300 g/mol. The Morgan fingerprint density at radius 3 is 2.22 bits per heavy atom. The third-order valence-electron chi connectivity index (χ3n) is 4.95. The first-order chi connectivity index (χ1) is 11.1. The number of carboxylic acid groups (broad SMARTS) is 1. The zero-order chi connectivity index (χ0) is 16.1. The highest BCUT2D eigenvalue weighted by Gasteiger charge is 2.62. The van der Waals surface area contributed by atoms with E-state index in [4.69, 9.17) is 9.84 Å². The summed E-state index contributed by atoms with van der Waals surface area (Å²) in [6.07, 6.45) is 1.48. The molecule has 0 aromatic heterocycles. The maximum atomic E-state index is 12.5. The van der Waals surface area contributed by atoms with Crippen LogP contribution in [-0.4, -0.2) is 46.7 Å². The summed E-state index contributed by atoms with van der Waals surface area (Å²) in [6, 6.07) is 6.17. The average molecular weight is 316 g/mol. The van der Waals surface area contributed by atoms with E-state index in [-0.39, 0.29) is 48.1 Å². The minimum atomic E-state index is -0.996. The zero-order valence-electron chi connectivity index (χ0n) is 12.3. The molecule has 3 aliphatic rings. The summed E-state index contributed by atoms with van der Waals surface area (Å²) in [7, 11) is 0. The number of hydrogen-bond acceptors (Lipinski definition) is 5. The van der Waals surface area contributed by atoms with Crippen molar-refractivity contribution in [2.75, 3.05) is 12.0 Å². The van der Waals surface area contributed by atoms with Crippen LogP contribution in [0.2, 0.25) is 0 Å². The van der Waals surface area contributed by atoms with Crippen LogP contribution in [0.3, 0.4) is 0 Å². The highest BCUT2D eigenvalue weighted by atomic mass is 16.5. The minimum Gasteiger partial charge on any atom is -0.478 e. The Morgan fingerprint density at radius 2 is 1.70 bits per heavy atom. The lowest BCUT2D eigenvalue weighted by Crippen LogP contribution is -2.38. The van der Waals surface area contributed by atoms with E-state index >= 15 is 0 Å². The Hall–Kier alpha value is -2.41. The second-order valence-corrected chi connectivity index (χ2v) is 6.16. The number of aromatic carboxylic acids is 1.